The molecule has 96 valence electrons. The smallest absolute Gasteiger partial charge is 0.216 e. The van der Waals surface area contributed by atoms with Crippen LogP contribution in [0.1, 0.15) is 24.5 Å². The normalized spacial score (nSPS) is 13.6. The van der Waals surface area contributed by atoms with Crippen LogP contribution in [0.5, 0.6) is 0 Å². The summed E-state index contributed by atoms with van der Waals surface area (Å²) in [5, 5.41) is -0.528. The van der Waals surface area contributed by atoms with E-state index < -0.39 is 15.3 Å². The molecular weight excluding hydrogens is 238 g/mol. The van der Waals surface area contributed by atoms with Gasteiger partial charge in [-0.15, -0.1) is 0 Å². The van der Waals surface area contributed by atoms with Gasteiger partial charge in [0, 0.05) is 25.5 Å². The Hall–Kier alpha value is -0.980. The summed E-state index contributed by atoms with van der Waals surface area (Å²) in [6.07, 6.45) is 3.86. The second-order valence-electron chi connectivity index (χ2n) is 3.93. The molecule has 0 fully saturated rings. The van der Waals surface area contributed by atoms with Crippen molar-refractivity contribution in [1.29, 1.82) is 0 Å². The van der Waals surface area contributed by atoms with Gasteiger partial charge in [-0.1, -0.05) is 6.92 Å². The highest BCUT2D eigenvalue weighted by atomic mass is 32.2. The molecule has 1 unspecified atom stereocenters. The van der Waals surface area contributed by atoms with E-state index in [4.69, 9.17) is 5.73 Å². The summed E-state index contributed by atoms with van der Waals surface area (Å²) in [7, 11) is -3.34. The van der Waals surface area contributed by atoms with Gasteiger partial charge in [-0.05, 0) is 30.5 Å². The van der Waals surface area contributed by atoms with Crippen LogP contribution < -0.4 is 10.5 Å². The number of nitrogens with one attached hydrogen (secondary N) is 1. The zero-order chi connectivity index (χ0) is 12.9. The average molecular weight is 257 g/mol. The summed E-state index contributed by atoms with van der Waals surface area (Å²) in [5.41, 5.74) is 7.33. The van der Waals surface area contributed by atoms with Crippen molar-refractivity contribution in [1.82, 2.24) is 9.71 Å². The van der Waals surface area contributed by atoms with E-state index in [2.05, 4.69) is 9.71 Å². The van der Waals surface area contributed by atoms with Crippen LogP contribution >= 0.6 is 0 Å². The maximum Gasteiger partial charge on any atom is 0.216 e. The lowest BCUT2D eigenvalue weighted by Crippen LogP contribution is -2.38. The molecule has 0 aliphatic carbocycles. The van der Waals surface area contributed by atoms with Crippen LogP contribution in [0, 0.1) is 6.92 Å². The molecule has 1 rings (SSSR count). The minimum Gasteiger partial charge on any atom is -0.329 e. The van der Waals surface area contributed by atoms with E-state index >= 15 is 0 Å². The second kappa shape index (κ2) is 6.09. The monoisotopic (exact) mass is 257 g/mol. The number of hydrogen-bond donors (Lipinski definition) is 2. The van der Waals surface area contributed by atoms with Crippen LogP contribution in [0.4, 0.5) is 0 Å². The van der Waals surface area contributed by atoms with E-state index in [-0.39, 0.29) is 13.1 Å². The maximum atomic E-state index is 11.9. The van der Waals surface area contributed by atoms with E-state index in [1.54, 1.807) is 12.4 Å². The van der Waals surface area contributed by atoms with Crippen LogP contribution in [0.3, 0.4) is 0 Å². The Kier molecular flexibility index (Phi) is 5.04. The number of rotatable bonds is 6. The molecule has 1 heterocycles. The van der Waals surface area contributed by atoms with Gasteiger partial charge in [-0.3, -0.25) is 4.98 Å². The molecule has 0 saturated carbocycles. The molecule has 3 N–H and O–H groups in total. The summed E-state index contributed by atoms with van der Waals surface area (Å²) in [6, 6.07) is 1.85. The number of nitrogens with two attached hydrogens (primary N) is 1. The molecule has 6 heteroatoms. The van der Waals surface area contributed by atoms with Crippen LogP contribution in [0.2, 0.25) is 0 Å². The fraction of sp³-hybridized carbons (Fsp3) is 0.545. The predicted molar refractivity (Wildman–Crippen MR) is 67.9 cm³/mol. The van der Waals surface area contributed by atoms with E-state index in [0.29, 0.717) is 6.42 Å². The molecule has 0 amide bonds. The van der Waals surface area contributed by atoms with E-state index in [0.717, 1.165) is 11.1 Å². The standard InChI is InChI=1S/C11H19N3O2S/c1-3-11(6-12)17(15,16)14-8-10-7-13-5-4-9(10)2/h4-5,7,11,14H,3,6,8,12H2,1-2H3. The molecule has 17 heavy (non-hydrogen) atoms. The Bertz CT molecular complexity index is 456. The van der Waals surface area contributed by atoms with Crippen LogP contribution in [0.15, 0.2) is 18.5 Å². The highest BCUT2D eigenvalue weighted by molar-refractivity contribution is 7.90. The lowest BCUT2D eigenvalue weighted by molar-refractivity contribution is 0.560. The first kappa shape index (κ1) is 14.1. The average Bonchev–Trinajstić information content (AvgIpc) is 2.29. The Morgan fingerprint density at radius 2 is 2.24 bits per heavy atom. The number of pyridine rings is 1. The number of hydrogen-bond acceptors (Lipinski definition) is 4. The summed E-state index contributed by atoms with van der Waals surface area (Å²) in [5.74, 6) is 0. The van der Waals surface area contributed by atoms with Crippen molar-refractivity contribution in [3.8, 4) is 0 Å². The third-order valence-electron chi connectivity index (χ3n) is 2.77. The fourth-order valence-electron chi connectivity index (χ4n) is 1.49. The zero-order valence-electron chi connectivity index (χ0n) is 10.2. The summed E-state index contributed by atoms with van der Waals surface area (Å²) in [6.45, 7) is 4.13. The quantitative estimate of drug-likeness (QED) is 0.779. The Balaban J connectivity index is 2.71. The third kappa shape index (κ3) is 3.76. The lowest BCUT2D eigenvalue weighted by atomic mass is 10.2. The first-order valence-electron chi connectivity index (χ1n) is 5.59. The Labute approximate surface area is 102 Å². The summed E-state index contributed by atoms with van der Waals surface area (Å²) < 4.78 is 26.3. The van der Waals surface area contributed by atoms with Crippen molar-refractivity contribution in [2.75, 3.05) is 6.54 Å². The van der Waals surface area contributed by atoms with Crippen molar-refractivity contribution in [3.05, 3.63) is 29.6 Å². The molecular formula is C11H19N3O2S. The number of sulfonamides is 1. The van der Waals surface area contributed by atoms with Crippen LogP contribution in [-0.4, -0.2) is 25.2 Å². The van der Waals surface area contributed by atoms with Gasteiger partial charge in [-0.2, -0.15) is 0 Å². The topological polar surface area (TPSA) is 85.1 Å². The molecule has 0 bridgehead atoms. The summed E-state index contributed by atoms with van der Waals surface area (Å²) in [4.78, 5) is 3.97. The van der Waals surface area contributed by atoms with Crippen molar-refractivity contribution in [3.63, 3.8) is 0 Å². The van der Waals surface area contributed by atoms with Gasteiger partial charge in [0.15, 0.2) is 0 Å². The van der Waals surface area contributed by atoms with E-state index in [1.165, 1.54) is 0 Å². The van der Waals surface area contributed by atoms with Crippen molar-refractivity contribution in [2.24, 2.45) is 5.73 Å². The third-order valence-corrected chi connectivity index (χ3v) is 4.72. The number of nitrogens with zero attached hydrogens (tertiary/aromatic N) is 1. The molecule has 1 aromatic heterocycles. The minimum atomic E-state index is -3.34. The molecule has 0 radical (unpaired) electrons. The SMILES string of the molecule is CCC(CN)S(=O)(=O)NCc1cnccc1C. The Morgan fingerprint density at radius 1 is 1.53 bits per heavy atom. The van der Waals surface area contributed by atoms with Crippen molar-refractivity contribution < 1.29 is 8.42 Å². The summed E-state index contributed by atoms with van der Waals surface area (Å²) >= 11 is 0. The zero-order valence-corrected chi connectivity index (χ0v) is 11.0. The van der Waals surface area contributed by atoms with E-state index in [1.807, 2.05) is 19.9 Å². The van der Waals surface area contributed by atoms with Gasteiger partial charge in [0.05, 0.1) is 5.25 Å². The fourth-order valence-corrected chi connectivity index (χ4v) is 2.78. The first-order valence-corrected chi connectivity index (χ1v) is 7.14. The van der Waals surface area contributed by atoms with Gasteiger partial charge in [0.1, 0.15) is 0 Å². The minimum absolute atomic E-state index is 0.137. The van der Waals surface area contributed by atoms with Gasteiger partial charge < -0.3 is 5.73 Å². The highest BCUT2D eigenvalue weighted by Gasteiger charge is 2.21. The lowest BCUT2D eigenvalue weighted by Gasteiger charge is -2.15. The molecule has 0 aliphatic heterocycles. The van der Waals surface area contributed by atoms with Gasteiger partial charge in [0.25, 0.3) is 0 Å². The Morgan fingerprint density at radius 3 is 2.76 bits per heavy atom. The van der Waals surface area contributed by atoms with Crippen LogP contribution in [0.25, 0.3) is 0 Å². The molecule has 1 atom stereocenters. The van der Waals surface area contributed by atoms with Crippen molar-refractivity contribution in [2.45, 2.75) is 32.1 Å². The molecule has 0 saturated heterocycles. The molecule has 1 aromatic rings. The number of aromatic nitrogens is 1. The van der Waals surface area contributed by atoms with Gasteiger partial charge >= 0.3 is 0 Å². The van der Waals surface area contributed by atoms with Crippen LogP contribution in [-0.2, 0) is 16.6 Å². The highest BCUT2D eigenvalue weighted by Crippen LogP contribution is 2.07. The second-order valence-corrected chi connectivity index (χ2v) is 5.98. The first-order chi connectivity index (χ1) is 8.01. The van der Waals surface area contributed by atoms with E-state index in [9.17, 15) is 8.42 Å². The number of aryl methyl sites for hydroxylation is 1. The molecule has 0 spiro atoms. The molecule has 0 aliphatic rings. The molecule has 5 nitrogen and oxygen atoms in total. The predicted octanol–water partition coefficient (Wildman–Crippen LogP) is 0.547. The van der Waals surface area contributed by atoms with Gasteiger partial charge in [0.2, 0.25) is 10.0 Å². The molecule has 0 aromatic carbocycles. The van der Waals surface area contributed by atoms with Gasteiger partial charge in [-0.25, -0.2) is 13.1 Å². The maximum absolute atomic E-state index is 11.9. The van der Waals surface area contributed by atoms with Crippen molar-refractivity contribution >= 4 is 10.0 Å². The largest absolute Gasteiger partial charge is 0.329 e.